The third-order valence-corrected chi connectivity index (χ3v) is 3.84. The van der Waals surface area contributed by atoms with Gasteiger partial charge in [-0.3, -0.25) is 0 Å². The lowest BCUT2D eigenvalue weighted by Crippen LogP contribution is -2.23. The van der Waals surface area contributed by atoms with E-state index in [2.05, 4.69) is 44.4 Å². The summed E-state index contributed by atoms with van der Waals surface area (Å²) in [4.78, 5) is 0. The van der Waals surface area contributed by atoms with Crippen LogP contribution in [0.15, 0.2) is 24.3 Å². The Morgan fingerprint density at radius 2 is 1.77 bits per heavy atom. The maximum Gasteiger partial charge on any atom is 0.274 e. The minimum Gasteiger partial charge on any atom is -0.543 e. The van der Waals surface area contributed by atoms with E-state index in [0.29, 0.717) is 0 Å². The molecule has 0 spiro atoms. The van der Waals surface area contributed by atoms with Gasteiger partial charge in [0, 0.05) is 0 Å². The van der Waals surface area contributed by atoms with Gasteiger partial charge in [0.05, 0.1) is 8.80 Å². The van der Waals surface area contributed by atoms with Gasteiger partial charge in [-0.25, -0.2) is 0 Å². The zero-order valence-electron chi connectivity index (χ0n) is 8.72. The average molecular weight is 208 g/mol. The molecule has 13 heavy (non-hydrogen) atoms. The maximum absolute atomic E-state index is 5.72. The smallest absolute Gasteiger partial charge is 0.274 e. The number of benzene rings is 1. The highest BCUT2D eigenvalue weighted by molar-refractivity contribution is 6.70. The first-order valence-corrected chi connectivity index (χ1v) is 9.39. The first-order valence-electron chi connectivity index (χ1n) is 4.48. The standard InChI is InChI=1S/C10H16OSi2/c1-12(2)10-7-5-6-9(8-10)11-13(3)4/h5-8H,1-4H3. The number of hydrogen-bond acceptors (Lipinski definition) is 1. The zero-order valence-corrected chi connectivity index (χ0v) is 10.7. The van der Waals surface area contributed by atoms with Crippen molar-refractivity contribution in [1.29, 1.82) is 0 Å². The Hall–Kier alpha value is -0.546. The lowest BCUT2D eigenvalue weighted by Gasteiger charge is -2.10. The van der Waals surface area contributed by atoms with Gasteiger partial charge >= 0.3 is 0 Å². The molecule has 0 bridgehead atoms. The molecule has 1 nitrogen and oxygen atoms in total. The number of hydrogen-bond donors (Lipinski definition) is 0. The molecule has 0 amide bonds. The van der Waals surface area contributed by atoms with Crippen LogP contribution >= 0.6 is 0 Å². The molecule has 0 saturated heterocycles. The van der Waals surface area contributed by atoms with E-state index in [0.717, 1.165) is 5.75 Å². The quantitative estimate of drug-likeness (QED) is 0.693. The Kier molecular flexibility index (Phi) is 3.75. The van der Waals surface area contributed by atoms with Crippen LogP contribution in [0.25, 0.3) is 0 Å². The lowest BCUT2D eigenvalue weighted by molar-refractivity contribution is 0.581. The normalized spacial score (nSPS) is 10.9. The van der Waals surface area contributed by atoms with Gasteiger partial charge in [0.1, 0.15) is 5.75 Å². The SMILES string of the molecule is C[Si](C)Oc1cccc([Si](C)C)c1. The van der Waals surface area contributed by atoms with E-state index in [-0.39, 0.29) is 8.80 Å². The lowest BCUT2D eigenvalue weighted by atomic mass is 10.3. The third-order valence-electron chi connectivity index (χ3n) is 1.73. The van der Waals surface area contributed by atoms with Crippen LogP contribution < -0.4 is 9.61 Å². The zero-order chi connectivity index (χ0) is 9.84. The highest BCUT2D eigenvalue weighted by Crippen LogP contribution is 2.09. The fourth-order valence-corrected chi connectivity index (χ4v) is 2.57. The van der Waals surface area contributed by atoms with Crippen molar-refractivity contribution in [3.63, 3.8) is 0 Å². The molecule has 1 aromatic rings. The van der Waals surface area contributed by atoms with E-state index in [1.54, 1.807) is 0 Å². The molecule has 0 unspecified atom stereocenters. The Labute approximate surface area is 84.1 Å². The summed E-state index contributed by atoms with van der Waals surface area (Å²) in [5.74, 6) is 1.04. The summed E-state index contributed by atoms with van der Waals surface area (Å²) in [6.07, 6.45) is 0. The van der Waals surface area contributed by atoms with E-state index in [4.69, 9.17) is 4.43 Å². The van der Waals surface area contributed by atoms with Gasteiger partial charge < -0.3 is 4.43 Å². The van der Waals surface area contributed by atoms with Crippen molar-refractivity contribution in [3.8, 4) is 5.75 Å². The van der Waals surface area contributed by atoms with E-state index in [9.17, 15) is 0 Å². The summed E-state index contributed by atoms with van der Waals surface area (Å²) in [6.45, 7) is 8.91. The second kappa shape index (κ2) is 4.62. The van der Waals surface area contributed by atoms with Crippen LogP contribution in [0.5, 0.6) is 5.75 Å². The minimum atomic E-state index is -0.617. The second-order valence-corrected chi connectivity index (χ2v) is 8.14. The van der Waals surface area contributed by atoms with Gasteiger partial charge in [-0.05, 0) is 25.2 Å². The summed E-state index contributed by atoms with van der Waals surface area (Å²) in [5.41, 5.74) is 0. The summed E-state index contributed by atoms with van der Waals surface area (Å²) >= 11 is 0. The van der Waals surface area contributed by atoms with Crippen molar-refractivity contribution in [2.75, 3.05) is 0 Å². The van der Waals surface area contributed by atoms with Gasteiger partial charge in [0.25, 0.3) is 9.04 Å². The van der Waals surface area contributed by atoms with Crippen LogP contribution in [-0.4, -0.2) is 17.8 Å². The summed E-state index contributed by atoms with van der Waals surface area (Å²) in [7, 11) is -0.956. The van der Waals surface area contributed by atoms with Crippen LogP contribution in [0.1, 0.15) is 0 Å². The molecule has 0 aromatic heterocycles. The molecule has 0 atom stereocenters. The summed E-state index contributed by atoms with van der Waals surface area (Å²) < 4.78 is 5.72. The molecular formula is C10H16OSi2. The Bertz CT molecular complexity index is 271. The first-order chi connectivity index (χ1) is 6.09. The van der Waals surface area contributed by atoms with E-state index >= 15 is 0 Å². The molecule has 0 saturated carbocycles. The minimum absolute atomic E-state index is 0.338. The van der Waals surface area contributed by atoms with Crippen LogP contribution in [0.2, 0.25) is 26.2 Å². The van der Waals surface area contributed by atoms with Crippen molar-refractivity contribution in [1.82, 2.24) is 0 Å². The second-order valence-electron chi connectivity index (χ2n) is 3.54. The van der Waals surface area contributed by atoms with Crippen LogP contribution in [-0.2, 0) is 0 Å². The molecule has 0 N–H and O–H groups in total. The third kappa shape index (κ3) is 3.36. The van der Waals surface area contributed by atoms with Crippen LogP contribution in [0.3, 0.4) is 0 Å². The van der Waals surface area contributed by atoms with E-state index < -0.39 is 9.04 Å². The predicted octanol–water partition coefficient (Wildman–Crippen LogP) is 2.28. The fourth-order valence-electron chi connectivity index (χ4n) is 1.11. The highest BCUT2D eigenvalue weighted by atomic mass is 28.3. The molecule has 70 valence electrons. The molecule has 2 radical (unpaired) electrons. The molecule has 1 aromatic carbocycles. The Morgan fingerprint density at radius 1 is 1.08 bits per heavy atom. The fraction of sp³-hybridized carbons (Fsp3) is 0.400. The molecule has 0 aliphatic heterocycles. The average Bonchev–Trinajstić information content (AvgIpc) is 2.03. The summed E-state index contributed by atoms with van der Waals surface area (Å²) in [5, 5.41) is 1.45. The van der Waals surface area contributed by atoms with Crippen LogP contribution in [0, 0.1) is 0 Å². The van der Waals surface area contributed by atoms with Gasteiger partial charge in [-0.15, -0.1) is 0 Å². The van der Waals surface area contributed by atoms with Crippen molar-refractivity contribution in [2.45, 2.75) is 26.2 Å². The van der Waals surface area contributed by atoms with Crippen molar-refractivity contribution in [3.05, 3.63) is 24.3 Å². The first kappa shape index (κ1) is 10.5. The monoisotopic (exact) mass is 208 g/mol. The van der Waals surface area contributed by atoms with Gasteiger partial charge in [0.15, 0.2) is 0 Å². The van der Waals surface area contributed by atoms with E-state index in [1.165, 1.54) is 5.19 Å². The molecule has 0 aliphatic rings. The van der Waals surface area contributed by atoms with Crippen LogP contribution in [0.4, 0.5) is 0 Å². The summed E-state index contributed by atoms with van der Waals surface area (Å²) in [6, 6.07) is 8.52. The maximum atomic E-state index is 5.72. The predicted molar refractivity (Wildman–Crippen MR) is 61.7 cm³/mol. The molecular weight excluding hydrogens is 192 g/mol. The van der Waals surface area contributed by atoms with Gasteiger partial charge in [-0.1, -0.05) is 30.4 Å². The van der Waals surface area contributed by atoms with Crippen molar-refractivity contribution < 1.29 is 4.43 Å². The number of rotatable bonds is 3. The molecule has 0 aliphatic carbocycles. The van der Waals surface area contributed by atoms with Crippen molar-refractivity contribution >= 4 is 23.0 Å². The highest BCUT2D eigenvalue weighted by Gasteiger charge is 2.04. The topological polar surface area (TPSA) is 9.23 Å². The molecule has 1 rings (SSSR count). The van der Waals surface area contributed by atoms with E-state index in [1.807, 2.05) is 6.07 Å². The van der Waals surface area contributed by atoms with Gasteiger partial charge in [0.2, 0.25) is 0 Å². The Balaban J connectivity index is 2.79. The molecule has 0 fully saturated rings. The molecule has 0 heterocycles. The van der Waals surface area contributed by atoms with Gasteiger partial charge in [-0.2, -0.15) is 0 Å². The van der Waals surface area contributed by atoms with Crippen molar-refractivity contribution in [2.24, 2.45) is 0 Å². The largest absolute Gasteiger partial charge is 0.543 e. The molecule has 3 heteroatoms. The Morgan fingerprint density at radius 3 is 2.31 bits per heavy atom.